The molecule has 1 saturated carbocycles. The Labute approximate surface area is 190 Å². The van der Waals surface area contributed by atoms with Gasteiger partial charge in [-0.1, -0.05) is 18.8 Å². The van der Waals surface area contributed by atoms with Crippen molar-refractivity contribution < 1.29 is 27.8 Å². The van der Waals surface area contributed by atoms with Crippen molar-refractivity contribution in [3.63, 3.8) is 0 Å². The van der Waals surface area contributed by atoms with Crippen molar-refractivity contribution in [2.45, 2.75) is 43.7 Å². The van der Waals surface area contributed by atoms with Crippen molar-refractivity contribution in [2.24, 2.45) is 11.8 Å². The van der Waals surface area contributed by atoms with Gasteiger partial charge in [0.2, 0.25) is 15.9 Å². The first-order valence-electron chi connectivity index (χ1n) is 10.8. The van der Waals surface area contributed by atoms with Gasteiger partial charge in [-0.25, -0.2) is 8.42 Å². The monoisotopic (exact) mass is 464 g/mol. The van der Waals surface area contributed by atoms with Crippen molar-refractivity contribution in [3.8, 4) is 17.6 Å². The van der Waals surface area contributed by atoms with Crippen LogP contribution in [-0.2, 0) is 19.6 Å². The van der Waals surface area contributed by atoms with Gasteiger partial charge in [-0.3, -0.25) is 4.79 Å². The molecule has 0 bridgehead atoms. The number of likely N-dealkylation sites (N-methyl/N-ethyl adjacent to an activating group) is 1. The van der Waals surface area contributed by atoms with Crippen molar-refractivity contribution in [2.75, 3.05) is 40.5 Å². The van der Waals surface area contributed by atoms with E-state index in [1.165, 1.54) is 22.4 Å². The molecule has 3 atom stereocenters. The van der Waals surface area contributed by atoms with Gasteiger partial charge in [0.25, 0.3) is 0 Å². The smallest absolute Gasteiger partial charge is 0.248 e. The zero-order valence-electron chi connectivity index (χ0n) is 19.1. The number of benzene rings is 1. The topological polar surface area (TPSA) is 96.4 Å². The Morgan fingerprint density at radius 3 is 2.75 bits per heavy atom. The highest BCUT2D eigenvalue weighted by molar-refractivity contribution is 7.89. The van der Waals surface area contributed by atoms with Crippen LogP contribution in [0.4, 0.5) is 0 Å². The van der Waals surface area contributed by atoms with Gasteiger partial charge in [0.05, 0.1) is 13.2 Å². The lowest BCUT2D eigenvalue weighted by molar-refractivity contribution is -0.135. The largest absolute Gasteiger partial charge is 0.487 e. The molecule has 1 aliphatic carbocycles. The first-order valence-corrected chi connectivity index (χ1v) is 12.3. The summed E-state index contributed by atoms with van der Waals surface area (Å²) in [4.78, 5) is 13.8. The van der Waals surface area contributed by atoms with Gasteiger partial charge in [-0.05, 0) is 38.0 Å². The summed E-state index contributed by atoms with van der Waals surface area (Å²) < 4.78 is 39.4. The first-order chi connectivity index (χ1) is 15.2. The summed E-state index contributed by atoms with van der Waals surface area (Å²) in [5, 5.41) is 9.71. The number of sulfonamides is 1. The number of methoxy groups -OCH3 is 1. The van der Waals surface area contributed by atoms with Crippen molar-refractivity contribution in [1.29, 1.82) is 0 Å². The average Bonchev–Trinajstić information content (AvgIpc) is 3.58. The first kappa shape index (κ1) is 24.5. The molecular formula is C23H32N2O6S. The van der Waals surface area contributed by atoms with Gasteiger partial charge < -0.3 is 19.5 Å². The molecule has 1 amide bonds. The molecule has 1 aromatic carbocycles. The van der Waals surface area contributed by atoms with Crippen LogP contribution in [-0.4, -0.2) is 81.2 Å². The fourth-order valence-electron chi connectivity index (χ4n) is 3.54. The number of nitrogens with zero attached hydrogens (tertiary/aromatic N) is 2. The van der Waals surface area contributed by atoms with E-state index in [-0.39, 0.29) is 48.8 Å². The summed E-state index contributed by atoms with van der Waals surface area (Å²) >= 11 is 0. The second-order valence-corrected chi connectivity index (χ2v) is 10.5. The summed E-state index contributed by atoms with van der Waals surface area (Å²) in [5.41, 5.74) is 0.684. The Kier molecular flexibility index (Phi) is 7.83. The second-order valence-electron chi connectivity index (χ2n) is 8.65. The minimum atomic E-state index is -3.90. The van der Waals surface area contributed by atoms with Gasteiger partial charge in [-0.15, -0.1) is 0 Å². The number of aliphatic hydroxyl groups excluding tert-OH is 1. The van der Waals surface area contributed by atoms with Crippen LogP contribution in [0, 0.1) is 23.7 Å². The number of carbonyl (C=O) groups is 1. The number of ether oxygens (including phenoxy) is 2. The van der Waals surface area contributed by atoms with E-state index in [2.05, 4.69) is 11.8 Å². The molecule has 0 spiro atoms. The third-order valence-electron chi connectivity index (χ3n) is 5.81. The summed E-state index contributed by atoms with van der Waals surface area (Å²) in [7, 11) is -0.775. The Morgan fingerprint density at radius 1 is 1.41 bits per heavy atom. The average molecular weight is 465 g/mol. The maximum atomic E-state index is 13.5. The molecule has 0 unspecified atom stereocenters. The molecule has 1 fully saturated rings. The minimum absolute atomic E-state index is 0.0394. The molecule has 3 rings (SSSR count). The van der Waals surface area contributed by atoms with E-state index in [1.807, 2.05) is 6.92 Å². The van der Waals surface area contributed by atoms with E-state index < -0.39 is 22.2 Å². The molecule has 0 saturated heterocycles. The van der Waals surface area contributed by atoms with E-state index in [4.69, 9.17) is 9.47 Å². The lowest BCUT2D eigenvalue weighted by atomic mass is 10.0. The third-order valence-corrected chi connectivity index (χ3v) is 7.83. The molecule has 176 valence electrons. The quantitative estimate of drug-likeness (QED) is 0.638. The fourth-order valence-corrected chi connectivity index (χ4v) is 5.37. The lowest BCUT2D eigenvalue weighted by Crippen LogP contribution is -2.50. The molecule has 2 aliphatic rings. The van der Waals surface area contributed by atoms with E-state index in [1.54, 1.807) is 26.1 Å². The Hall–Kier alpha value is -2.12. The SMILES string of the molecule is COCC(=O)N(C)C[C@@H]1Oc2cc(C#CC3CC3)ccc2S(=O)(=O)N([C@H](C)CO)C[C@@H]1C. The zero-order chi connectivity index (χ0) is 23.5. The molecule has 0 radical (unpaired) electrons. The molecule has 0 aromatic heterocycles. The van der Waals surface area contributed by atoms with Crippen LogP contribution < -0.4 is 4.74 Å². The van der Waals surface area contributed by atoms with Crippen LogP contribution in [0.5, 0.6) is 5.75 Å². The number of amides is 1. The van der Waals surface area contributed by atoms with Crippen LogP contribution in [0.1, 0.15) is 32.3 Å². The highest BCUT2D eigenvalue weighted by Gasteiger charge is 2.38. The van der Waals surface area contributed by atoms with Gasteiger partial charge in [-0.2, -0.15) is 4.31 Å². The van der Waals surface area contributed by atoms with Gasteiger partial charge in [0.1, 0.15) is 23.4 Å². The molecule has 1 N–H and O–H groups in total. The highest BCUT2D eigenvalue weighted by atomic mass is 32.2. The highest BCUT2D eigenvalue weighted by Crippen LogP contribution is 2.34. The maximum absolute atomic E-state index is 13.5. The molecule has 9 heteroatoms. The van der Waals surface area contributed by atoms with Crippen molar-refractivity contribution in [3.05, 3.63) is 23.8 Å². The standard InChI is InChI=1S/C23H32N2O6S/c1-16-12-25(17(2)14-26)32(28,29)22-10-9-19(8-7-18-5-6-18)11-20(22)31-21(16)13-24(3)23(27)15-30-4/h9-11,16-18,21,26H,5-6,12-15H2,1-4H3/t16-,17+,21-/m0/s1. The molecule has 1 aliphatic heterocycles. The van der Waals surface area contributed by atoms with Crippen molar-refractivity contribution in [1.82, 2.24) is 9.21 Å². The van der Waals surface area contributed by atoms with Crippen LogP contribution in [0.15, 0.2) is 23.1 Å². The van der Waals surface area contributed by atoms with E-state index >= 15 is 0 Å². The summed E-state index contributed by atoms with van der Waals surface area (Å²) in [6.45, 7) is 3.63. The van der Waals surface area contributed by atoms with Gasteiger partial charge in [0.15, 0.2) is 0 Å². The zero-order valence-corrected chi connectivity index (χ0v) is 19.9. The molecule has 8 nitrogen and oxygen atoms in total. The Morgan fingerprint density at radius 2 is 2.12 bits per heavy atom. The molecule has 1 aromatic rings. The number of hydrogen-bond acceptors (Lipinski definition) is 6. The minimum Gasteiger partial charge on any atom is -0.487 e. The normalized spacial score (nSPS) is 23.5. The van der Waals surface area contributed by atoms with Crippen LogP contribution >= 0.6 is 0 Å². The summed E-state index contributed by atoms with van der Waals surface area (Å²) in [6.07, 6.45) is 1.73. The van der Waals surface area contributed by atoms with Crippen LogP contribution in [0.2, 0.25) is 0 Å². The Balaban J connectivity index is 2.01. The third kappa shape index (κ3) is 5.62. The van der Waals surface area contributed by atoms with E-state index in [0.717, 1.165) is 12.8 Å². The Bertz CT molecular complexity index is 995. The number of carbonyl (C=O) groups excluding carboxylic acids is 1. The van der Waals surface area contributed by atoms with Crippen LogP contribution in [0.25, 0.3) is 0 Å². The maximum Gasteiger partial charge on any atom is 0.248 e. The predicted octanol–water partition coefficient (Wildman–Crippen LogP) is 1.32. The fraction of sp³-hybridized carbons (Fsp3) is 0.609. The predicted molar refractivity (Wildman–Crippen MR) is 120 cm³/mol. The molecular weight excluding hydrogens is 432 g/mol. The number of hydrogen-bond donors (Lipinski definition) is 1. The van der Waals surface area contributed by atoms with Gasteiger partial charge >= 0.3 is 0 Å². The second kappa shape index (κ2) is 10.2. The van der Waals surface area contributed by atoms with E-state index in [9.17, 15) is 18.3 Å². The van der Waals surface area contributed by atoms with Crippen molar-refractivity contribution >= 4 is 15.9 Å². The lowest BCUT2D eigenvalue weighted by Gasteiger charge is -2.37. The van der Waals surface area contributed by atoms with Crippen LogP contribution in [0.3, 0.4) is 0 Å². The van der Waals surface area contributed by atoms with Gasteiger partial charge in [0, 0.05) is 44.1 Å². The summed E-state index contributed by atoms with van der Waals surface area (Å²) in [6, 6.07) is 4.26. The summed E-state index contributed by atoms with van der Waals surface area (Å²) in [5.74, 6) is 6.48. The molecule has 1 heterocycles. The number of fused-ring (bicyclic) bond motifs is 1. The van der Waals surface area contributed by atoms with E-state index in [0.29, 0.717) is 11.5 Å². The molecule has 32 heavy (non-hydrogen) atoms. The number of rotatable bonds is 6. The number of aliphatic hydroxyl groups is 1.